The lowest BCUT2D eigenvalue weighted by atomic mass is 10.1. The Balaban J connectivity index is 1.78. The zero-order valence-electron chi connectivity index (χ0n) is 15.4. The maximum absolute atomic E-state index is 11.6. The molecule has 27 heavy (non-hydrogen) atoms. The molecule has 1 saturated heterocycles. The van der Waals surface area contributed by atoms with E-state index in [9.17, 15) is 13.7 Å². The number of nitrogens with zero attached hydrogens (tertiary/aromatic N) is 3. The molecule has 1 fully saturated rings. The van der Waals surface area contributed by atoms with Crippen LogP contribution in [0.25, 0.3) is 0 Å². The molecular formula is C20H24N4O2S. The lowest BCUT2D eigenvalue weighted by Crippen LogP contribution is -2.34. The molecule has 0 amide bonds. The largest absolute Gasteiger partial charge is 0.369 e. The highest BCUT2D eigenvalue weighted by molar-refractivity contribution is 7.89. The number of hydrogen-bond donors (Lipinski definition) is 1. The van der Waals surface area contributed by atoms with Crippen LogP contribution in [0.3, 0.4) is 0 Å². The van der Waals surface area contributed by atoms with E-state index in [1.54, 1.807) is 6.07 Å². The standard InChI is InChI=1S/C20H24N4O2S/c1-16-9-10-23(11-12-24(16)15-17-5-3-2-4-6-17)20-8-7-19(27(22,25)26)13-18(20)14-21/h2-8,13,16H,9-12,15H2,1H3,(H2,22,25,26). The fourth-order valence-corrected chi connectivity index (χ4v) is 4.00. The van der Waals surface area contributed by atoms with Gasteiger partial charge in [-0.05, 0) is 37.1 Å². The summed E-state index contributed by atoms with van der Waals surface area (Å²) in [4.78, 5) is 4.57. The predicted octanol–water partition coefficient (Wildman–Crippen LogP) is 2.31. The van der Waals surface area contributed by atoms with E-state index in [4.69, 9.17) is 5.14 Å². The van der Waals surface area contributed by atoms with Crippen molar-refractivity contribution in [3.8, 4) is 6.07 Å². The molecular weight excluding hydrogens is 360 g/mol. The molecule has 0 radical (unpaired) electrons. The van der Waals surface area contributed by atoms with Crippen LogP contribution in [0.1, 0.15) is 24.5 Å². The first-order valence-electron chi connectivity index (χ1n) is 8.98. The van der Waals surface area contributed by atoms with Crippen LogP contribution in [0.5, 0.6) is 0 Å². The number of hydrogen-bond acceptors (Lipinski definition) is 5. The molecule has 0 aliphatic carbocycles. The molecule has 2 aromatic carbocycles. The quantitative estimate of drug-likeness (QED) is 0.873. The summed E-state index contributed by atoms with van der Waals surface area (Å²) in [6, 6.07) is 17.5. The Hall–Kier alpha value is -2.40. The van der Waals surface area contributed by atoms with Crippen LogP contribution in [-0.2, 0) is 16.6 Å². The van der Waals surface area contributed by atoms with Gasteiger partial charge in [-0.3, -0.25) is 4.90 Å². The minimum atomic E-state index is -3.82. The average Bonchev–Trinajstić information content (AvgIpc) is 2.83. The molecule has 1 aliphatic rings. The second kappa shape index (κ2) is 8.09. The fourth-order valence-electron chi connectivity index (χ4n) is 3.46. The van der Waals surface area contributed by atoms with E-state index in [0.717, 1.165) is 38.3 Å². The Labute approximate surface area is 160 Å². The van der Waals surface area contributed by atoms with Crippen LogP contribution in [-0.4, -0.2) is 39.0 Å². The molecule has 6 nitrogen and oxygen atoms in total. The maximum atomic E-state index is 11.6. The van der Waals surface area contributed by atoms with Gasteiger partial charge in [-0.2, -0.15) is 5.26 Å². The van der Waals surface area contributed by atoms with Gasteiger partial charge in [0.15, 0.2) is 0 Å². The van der Waals surface area contributed by atoms with Gasteiger partial charge >= 0.3 is 0 Å². The molecule has 1 atom stereocenters. The highest BCUT2D eigenvalue weighted by atomic mass is 32.2. The number of rotatable bonds is 4. The molecule has 2 N–H and O–H groups in total. The normalized spacial score (nSPS) is 18.7. The first kappa shape index (κ1) is 19.4. The summed E-state index contributed by atoms with van der Waals surface area (Å²) in [5, 5.41) is 14.7. The predicted molar refractivity (Wildman–Crippen MR) is 106 cm³/mol. The van der Waals surface area contributed by atoms with Crippen LogP contribution in [0.4, 0.5) is 5.69 Å². The Morgan fingerprint density at radius 2 is 1.89 bits per heavy atom. The average molecular weight is 385 g/mol. The van der Waals surface area contributed by atoms with Gasteiger partial charge in [0.2, 0.25) is 10.0 Å². The second-order valence-electron chi connectivity index (χ2n) is 6.92. The van der Waals surface area contributed by atoms with E-state index in [1.807, 2.05) is 6.07 Å². The van der Waals surface area contributed by atoms with Gasteiger partial charge in [-0.15, -0.1) is 0 Å². The van der Waals surface area contributed by atoms with E-state index in [-0.39, 0.29) is 4.90 Å². The van der Waals surface area contributed by atoms with Crippen molar-refractivity contribution in [2.24, 2.45) is 5.14 Å². The van der Waals surface area contributed by atoms with Crippen LogP contribution in [0.15, 0.2) is 53.4 Å². The SMILES string of the molecule is CC1CCN(c2ccc(S(N)(=O)=O)cc2C#N)CCN1Cc1ccccc1. The number of nitriles is 1. The molecule has 1 aliphatic heterocycles. The number of primary sulfonamides is 1. The molecule has 0 spiro atoms. The van der Waals surface area contributed by atoms with Crippen LogP contribution < -0.4 is 10.0 Å². The van der Waals surface area contributed by atoms with Crippen molar-refractivity contribution in [1.82, 2.24) is 4.90 Å². The van der Waals surface area contributed by atoms with Gasteiger partial charge in [0.25, 0.3) is 0 Å². The molecule has 0 aromatic heterocycles. The van der Waals surface area contributed by atoms with Gasteiger partial charge in [0.1, 0.15) is 6.07 Å². The lowest BCUT2D eigenvalue weighted by Gasteiger charge is -2.26. The first-order chi connectivity index (χ1) is 12.9. The molecule has 3 rings (SSSR count). The molecule has 1 heterocycles. The highest BCUT2D eigenvalue weighted by Gasteiger charge is 2.23. The number of sulfonamides is 1. The molecule has 1 unspecified atom stereocenters. The Morgan fingerprint density at radius 1 is 1.15 bits per heavy atom. The summed E-state index contributed by atoms with van der Waals surface area (Å²) in [6.45, 7) is 5.58. The third-order valence-electron chi connectivity index (χ3n) is 5.08. The van der Waals surface area contributed by atoms with Crippen molar-refractivity contribution in [2.45, 2.75) is 30.8 Å². The molecule has 0 bridgehead atoms. The summed E-state index contributed by atoms with van der Waals surface area (Å²) in [6.07, 6.45) is 0.967. The molecule has 7 heteroatoms. The summed E-state index contributed by atoms with van der Waals surface area (Å²) in [7, 11) is -3.82. The highest BCUT2D eigenvalue weighted by Crippen LogP contribution is 2.26. The first-order valence-corrected chi connectivity index (χ1v) is 10.5. The zero-order valence-corrected chi connectivity index (χ0v) is 16.2. The topological polar surface area (TPSA) is 90.4 Å². The van der Waals surface area contributed by atoms with Crippen molar-refractivity contribution in [1.29, 1.82) is 5.26 Å². The maximum Gasteiger partial charge on any atom is 0.238 e. The second-order valence-corrected chi connectivity index (χ2v) is 8.48. The number of benzene rings is 2. The number of anilines is 1. The van der Waals surface area contributed by atoms with E-state index in [2.05, 4.69) is 47.1 Å². The molecule has 142 valence electrons. The molecule has 0 saturated carbocycles. The van der Waals surface area contributed by atoms with E-state index >= 15 is 0 Å². The Morgan fingerprint density at radius 3 is 2.56 bits per heavy atom. The van der Waals surface area contributed by atoms with Crippen LogP contribution in [0.2, 0.25) is 0 Å². The zero-order chi connectivity index (χ0) is 19.4. The third-order valence-corrected chi connectivity index (χ3v) is 5.99. The third kappa shape index (κ3) is 4.66. The summed E-state index contributed by atoms with van der Waals surface area (Å²) >= 11 is 0. The number of nitrogens with two attached hydrogens (primary N) is 1. The monoisotopic (exact) mass is 384 g/mol. The smallest absolute Gasteiger partial charge is 0.238 e. The van der Waals surface area contributed by atoms with Crippen LogP contribution >= 0.6 is 0 Å². The minimum Gasteiger partial charge on any atom is -0.369 e. The van der Waals surface area contributed by atoms with E-state index in [0.29, 0.717) is 11.6 Å². The van der Waals surface area contributed by atoms with E-state index in [1.165, 1.54) is 17.7 Å². The Bertz CT molecular complexity index is 938. The van der Waals surface area contributed by atoms with Gasteiger partial charge in [0, 0.05) is 32.2 Å². The van der Waals surface area contributed by atoms with Gasteiger partial charge in [-0.25, -0.2) is 13.6 Å². The van der Waals surface area contributed by atoms with Gasteiger partial charge in [0.05, 0.1) is 16.1 Å². The summed E-state index contributed by atoms with van der Waals surface area (Å²) < 4.78 is 23.1. The van der Waals surface area contributed by atoms with Crippen molar-refractivity contribution < 1.29 is 8.42 Å². The van der Waals surface area contributed by atoms with Crippen molar-refractivity contribution >= 4 is 15.7 Å². The minimum absolute atomic E-state index is 0.0308. The van der Waals surface area contributed by atoms with Crippen LogP contribution in [0, 0.1) is 11.3 Å². The van der Waals surface area contributed by atoms with Gasteiger partial charge in [-0.1, -0.05) is 30.3 Å². The van der Waals surface area contributed by atoms with Crippen molar-refractivity contribution in [3.05, 3.63) is 59.7 Å². The fraction of sp³-hybridized carbons (Fsp3) is 0.350. The van der Waals surface area contributed by atoms with E-state index < -0.39 is 10.0 Å². The van der Waals surface area contributed by atoms with Crippen molar-refractivity contribution in [2.75, 3.05) is 24.5 Å². The summed E-state index contributed by atoms with van der Waals surface area (Å²) in [5.74, 6) is 0. The Kier molecular flexibility index (Phi) is 5.80. The van der Waals surface area contributed by atoms with Gasteiger partial charge < -0.3 is 4.90 Å². The summed E-state index contributed by atoms with van der Waals surface area (Å²) in [5.41, 5.74) is 2.39. The molecule has 2 aromatic rings. The lowest BCUT2D eigenvalue weighted by molar-refractivity contribution is 0.212. The van der Waals surface area contributed by atoms with Crippen molar-refractivity contribution in [3.63, 3.8) is 0 Å².